The number of anilines is 1. The van der Waals surface area contributed by atoms with Gasteiger partial charge >= 0.3 is 0 Å². The molecule has 1 aliphatic rings. The number of sulfonamides is 1. The van der Waals surface area contributed by atoms with E-state index in [2.05, 4.69) is 10.0 Å². The second-order valence-electron chi connectivity index (χ2n) is 4.68. The molecule has 1 aliphatic carbocycles. The number of ether oxygens (including phenoxy) is 1. The van der Waals surface area contributed by atoms with Crippen LogP contribution in [0.5, 0.6) is 0 Å². The topological polar surface area (TPSA) is 87.7 Å². The van der Waals surface area contributed by atoms with Crippen LogP contribution < -0.4 is 10.0 Å². The van der Waals surface area contributed by atoms with Crippen LogP contribution in [-0.2, 0) is 14.8 Å². The zero-order valence-electron chi connectivity index (χ0n) is 11.2. The summed E-state index contributed by atoms with van der Waals surface area (Å²) >= 11 is 0. The van der Waals surface area contributed by atoms with Gasteiger partial charge in [0.15, 0.2) is 0 Å². The fraction of sp³-hybridized carbons (Fsp3) is 0.538. The van der Waals surface area contributed by atoms with Crippen LogP contribution in [-0.4, -0.2) is 45.9 Å². The van der Waals surface area contributed by atoms with Gasteiger partial charge in [-0.15, -0.1) is 0 Å². The number of rotatable bonds is 9. The van der Waals surface area contributed by atoms with Crippen molar-refractivity contribution >= 4 is 15.7 Å². The molecule has 0 unspecified atom stereocenters. The minimum absolute atomic E-state index is 0.0144. The van der Waals surface area contributed by atoms with Crippen molar-refractivity contribution in [2.75, 3.05) is 31.7 Å². The zero-order chi connectivity index (χ0) is 14.4. The number of aliphatic hydroxyl groups is 1. The minimum atomic E-state index is -3.38. The summed E-state index contributed by atoms with van der Waals surface area (Å²) in [6, 6.07) is 6.74. The van der Waals surface area contributed by atoms with Gasteiger partial charge in [0.05, 0.1) is 24.7 Å². The predicted molar refractivity (Wildman–Crippen MR) is 76.2 cm³/mol. The third kappa shape index (κ3) is 4.75. The van der Waals surface area contributed by atoms with E-state index in [1.165, 1.54) is 0 Å². The molecule has 1 fully saturated rings. The van der Waals surface area contributed by atoms with Crippen molar-refractivity contribution in [1.29, 1.82) is 0 Å². The molecule has 20 heavy (non-hydrogen) atoms. The fourth-order valence-electron chi connectivity index (χ4n) is 1.67. The van der Waals surface area contributed by atoms with Gasteiger partial charge in [-0.25, -0.2) is 13.1 Å². The summed E-state index contributed by atoms with van der Waals surface area (Å²) in [5, 5.41) is 11.7. The molecular formula is C13H20N2O4S. The van der Waals surface area contributed by atoms with Gasteiger partial charge in [-0.2, -0.15) is 0 Å². The van der Waals surface area contributed by atoms with Crippen LogP contribution in [0.25, 0.3) is 0 Å². The lowest BCUT2D eigenvalue weighted by Gasteiger charge is -2.09. The van der Waals surface area contributed by atoms with Gasteiger partial charge in [0.1, 0.15) is 0 Å². The first-order valence-electron chi connectivity index (χ1n) is 6.67. The van der Waals surface area contributed by atoms with Crippen LogP contribution in [0.15, 0.2) is 29.2 Å². The second-order valence-corrected chi connectivity index (χ2v) is 6.40. The number of nitrogens with one attached hydrogen (secondary N) is 2. The molecule has 0 bridgehead atoms. The van der Waals surface area contributed by atoms with Crippen molar-refractivity contribution in [1.82, 2.24) is 4.72 Å². The second kappa shape index (κ2) is 7.03. The van der Waals surface area contributed by atoms with Crippen molar-refractivity contribution < 1.29 is 18.3 Å². The van der Waals surface area contributed by atoms with E-state index in [0.29, 0.717) is 19.8 Å². The maximum Gasteiger partial charge on any atom is 0.240 e. The van der Waals surface area contributed by atoms with E-state index in [4.69, 9.17) is 9.84 Å². The van der Waals surface area contributed by atoms with E-state index >= 15 is 0 Å². The Labute approximate surface area is 119 Å². The maximum absolute atomic E-state index is 12.0. The molecule has 0 aromatic heterocycles. The smallest absolute Gasteiger partial charge is 0.240 e. The summed E-state index contributed by atoms with van der Waals surface area (Å²) in [5.74, 6) is 0. The van der Waals surface area contributed by atoms with Crippen molar-refractivity contribution in [2.24, 2.45) is 0 Å². The first-order chi connectivity index (χ1) is 9.62. The van der Waals surface area contributed by atoms with E-state index in [1.807, 2.05) is 0 Å². The van der Waals surface area contributed by atoms with Gasteiger partial charge in [-0.1, -0.05) is 0 Å². The first-order valence-corrected chi connectivity index (χ1v) is 8.15. The fourth-order valence-corrected chi connectivity index (χ4v) is 2.98. The van der Waals surface area contributed by atoms with Gasteiger partial charge in [-0.3, -0.25) is 0 Å². The maximum atomic E-state index is 12.0. The summed E-state index contributed by atoms with van der Waals surface area (Å²) in [4.78, 5) is 0.284. The first kappa shape index (κ1) is 15.2. The lowest BCUT2D eigenvalue weighted by molar-refractivity contribution is 0.0992. The zero-order valence-corrected chi connectivity index (χ0v) is 12.0. The molecule has 1 aromatic rings. The molecule has 0 aliphatic heterocycles. The van der Waals surface area contributed by atoms with Gasteiger partial charge < -0.3 is 15.2 Å². The monoisotopic (exact) mass is 300 g/mol. The highest BCUT2D eigenvalue weighted by Crippen LogP contribution is 2.22. The Morgan fingerprint density at radius 3 is 2.50 bits per heavy atom. The van der Waals surface area contributed by atoms with Crippen molar-refractivity contribution in [2.45, 2.75) is 23.8 Å². The highest BCUT2D eigenvalue weighted by Gasteiger charge is 2.27. The predicted octanol–water partition coefficient (Wildman–Crippen LogP) is 0.548. The molecule has 0 spiro atoms. The summed E-state index contributed by atoms with van der Waals surface area (Å²) < 4.78 is 31.7. The molecule has 0 saturated heterocycles. The largest absolute Gasteiger partial charge is 0.394 e. The van der Waals surface area contributed by atoms with Crippen LogP contribution in [0.4, 0.5) is 5.69 Å². The van der Waals surface area contributed by atoms with Crippen LogP contribution >= 0.6 is 0 Å². The highest BCUT2D eigenvalue weighted by atomic mass is 32.2. The summed E-state index contributed by atoms with van der Waals surface area (Å²) in [7, 11) is -3.38. The Kier molecular flexibility index (Phi) is 5.36. The number of aliphatic hydroxyl groups excluding tert-OH is 1. The molecule has 0 radical (unpaired) electrons. The van der Waals surface area contributed by atoms with Crippen molar-refractivity contribution in [3.05, 3.63) is 24.3 Å². The van der Waals surface area contributed by atoms with E-state index in [0.717, 1.165) is 18.5 Å². The summed E-state index contributed by atoms with van der Waals surface area (Å²) in [5.41, 5.74) is 0.836. The third-order valence-corrected chi connectivity index (χ3v) is 4.41. The molecule has 112 valence electrons. The summed E-state index contributed by atoms with van der Waals surface area (Å²) in [6.07, 6.45) is 1.85. The number of benzene rings is 1. The highest BCUT2D eigenvalue weighted by molar-refractivity contribution is 7.89. The van der Waals surface area contributed by atoms with Crippen LogP contribution in [0.2, 0.25) is 0 Å². The Balaban J connectivity index is 1.82. The van der Waals surface area contributed by atoms with Crippen molar-refractivity contribution in [3.63, 3.8) is 0 Å². The van der Waals surface area contributed by atoms with Gasteiger partial charge in [0.2, 0.25) is 10.0 Å². The lowest BCUT2D eigenvalue weighted by Crippen LogP contribution is -2.25. The molecule has 1 aromatic carbocycles. The molecule has 1 saturated carbocycles. The van der Waals surface area contributed by atoms with E-state index < -0.39 is 10.0 Å². The molecule has 2 rings (SSSR count). The third-order valence-electron chi connectivity index (χ3n) is 2.87. The van der Waals surface area contributed by atoms with Crippen molar-refractivity contribution in [3.8, 4) is 0 Å². The SMILES string of the molecule is O=S(=O)(NC1CC1)c1ccc(NCCOCCO)cc1. The van der Waals surface area contributed by atoms with Crippen LogP contribution in [0.3, 0.4) is 0 Å². The average molecular weight is 300 g/mol. The molecule has 0 atom stereocenters. The Morgan fingerprint density at radius 2 is 1.90 bits per heavy atom. The van der Waals surface area contributed by atoms with Crippen LogP contribution in [0, 0.1) is 0 Å². The Bertz CT molecular complexity index is 512. The summed E-state index contributed by atoms with van der Waals surface area (Å²) in [6.45, 7) is 1.43. The molecule has 7 heteroatoms. The van der Waals surface area contributed by atoms with Gasteiger partial charge in [-0.05, 0) is 37.1 Å². The van der Waals surface area contributed by atoms with Gasteiger partial charge in [0, 0.05) is 18.3 Å². The molecular weight excluding hydrogens is 280 g/mol. The molecule has 0 heterocycles. The number of hydrogen-bond donors (Lipinski definition) is 3. The quantitative estimate of drug-likeness (QED) is 0.580. The van der Waals surface area contributed by atoms with E-state index in [1.54, 1.807) is 24.3 Å². The molecule has 3 N–H and O–H groups in total. The Morgan fingerprint density at radius 1 is 1.20 bits per heavy atom. The van der Waals surface area contributed by atoms with E-state index in [9.17, 15) is 8.42 Å². The average Bonchev–Trinajstić information content (AvgIpc) is 3.22. The Hall–Kier alpha value is -1.15. The minimum Gasteiger partial charge on any atom is -0.394 e. The van der Waals surface area contributed by atoms with Crippen LogP contribution in [0.1, 0.15) is 12.8 Å². The standard InChI is InChI=1S/C13H20N2O4S/c16-8-10-19-9-7-14-11-3-5-13(6-4-11)20(17,18)15-12-1-2-12/h3-6,12,14-16H,1-2,7-10H2. The molecule has 6 nitrogen and oxygen atoms in total. The number of hydrogen-bond acceptors (Lipinski definition) is 5. The normalized spacial score (nSPS) is 15.2. The van der Waals surface area contributed by atoms with Gasteiger partial charge in [0.25, 0.3) is 0 Å². The lowest BCUT2D eigenvalue weighted by atomic mass is 10.3. The van der Waals surface area contributed by atoms with E-state index in [-0.39, 0.29) is 17.5 Å². The molecule has 0 amide bonds.